The van der Waals surface area contributed by atoms with Crippen LogP contribution in [0.15, 0.2) is 334 Å². The average Bonchev–Trinajstić information content (AvgIpc) is 3.66. The van der Waals surface area contributed by atoms with E-state index in [0.29, 0.717) is 0 Å². The summed E-state index contributed by atoms with van der Waals surface area (Å²) in [6.07, 6.45) is -0.0224. The van der Waals surface area contributed by atoms with Crippen LogP contribution in [0.2, 0.25) is 0 Å². The molecule has 7 heteroatoms. The van der Waals surface area contributed by atoms with Crippen molar-refractivity contribution in [2.45, 2.75) is 22.3 Å². The van der Waals surface area contributed by atoms with E-state index in [2.05, 4.69) is 188 Å². The minimum Gasteiger partial charge on any atom is -0.0622 e. The Morgan fingerprint density at radius 3 is 0.582 bits per heavy atom. The standard InChI is InChI=1S/2C27H24GeO2.3C6H5.Sb/c2*29-27(30)21-26(22-13-5-1-6-14-22)28(23-15-7-2-8-16-23,24-17-9-3-10-18-24)25-19-11-4-12-20-25;3*1-2-4-6-5-3-1;/h2*1-20,26H,21H2,(H,29,30);3*1-5H;/p-2. The third kappa shape index (κ3) is 17.1. The summed E-state index contributed by atoms with van der Waals surface area (Å²) in [7, 11) is 0. The maximum absolute atomic E-state index is 12.0. The molecule has 388 valence electrons. The summed E-state index contributed by atoms with van der Waals surface area (Å²) in [6.45, 7) is 0. The number of carbonyl (C=O) groups excluding carboxylic acids is 2. The second-order valence-electron chi connectivity index (χ2n) is 18.1. The van der Waals surface area contributed by atoms with Crippen molar-refractivity contribution in [2.24, 2.45) is 0 Å². The van der Waals surface area contributed by atoms with E-state index in [1.807, 2.05) is 164 Å². The van der Waals surface area contributed by atoms with Gasteiger partial charge in [0.15, 0.2) is 0 Å². The first kappa shape index (κ1) is 60.5. The molecule has 0 spiro atoms. The molecule has 0 amide bonds. The first-order chi connectivity index (χ1) is 38.5. The van der Waals surface area contributed by atoms with Gasteiger partial charge in [-0.1, -0.05) is 91.0 Å². The van der Waals surface area contributed by atoms with E-state index in [1.54, 1.807) is 0 Å². The van der Waals surface area contributed by atoms with Gasteiger partial charge in [-0.05, 0) is 18.2 Å². The molecule has 0 heterocycles. The smallest absolute Gasteiger partial charge is 0 e. The molecule has 0 bridgehead atoms. The molecule has 0 aromatic heterocycles. The molecule has 0 fully saturated rings. The van der Waals surface area contributed by atoms with E-state index < -0.39 is 38.5 Å². The Morgan fingerprint density at radius 1 is 0.278 bits per heavy atom. The number of rotatable bonds is 14. The topological polar surface area (TPSA) is 80.3 Å². The van der Waals surface area contributed by atoms with Gasteiger partial charge >= 0.3 is 361 Å². The molecule has 0 aliphatic carbocycles. The predicted molar refractivity (Wildman–Crippen MR) is 327 cm³/mol. The molecule has 6 radical (unpaired) electrons. The Bertz CT molecular complexity index is 2790. The van der Waals surface area contributed by atoms with Crippen LogP contribution in [0, 0.1) is 18.2 Å². The number of aliphatic carboxylic acids is 2. The van der Waals surface area contributed by atoms with Crippen LogP contribution >= 0.6 is 0 Å². The summed E-state index contributed by atoms with van der Waals surface area (Å²) in [5.41, 5.74) is 2.11. The fourth-order valence-electron chi connectivity index (χ4n) is 10.2. The molecule has 2 atom stereocenters. The predicted octanol–water partition coefficient (Wildman–Crippen LogP) is 9.32. The third-order valence-corrected chi connectivity index (χ3v) is 35.7. The summed E-state index contributed by atoms with van der Waals surface area (Å²) >= 11 is -7.02. The summed E-state index contributed by atoms with van der Waals surface area (Å²) in [6, 6.07) is 121. The monoisotopic (exact) mass is 1260 g/mol. The van der Waals surface area contributed by atoms with Gasteiger partial charge < -0.3 is 0 Å². The minimum absolute atomic E-state index is 0. The fourth-order valence-corrected chi connectivity index (χ4v) is 33.4. The van der Waals surface area contributed by atoms with Crippen molar-refractivity contribution in [3.05, 3.63) is 363 Å². The van der Waals surface area contributed by atoms with E-state index in [0.717, 1.165) is 11.1 Å². The maximum atomic E-state index is 12.0. The number of hydrogen-bond acceptors (Lipinski definition) is 4. The van der Waals surface area contributed by atoms with Crippen LogP contribution in [-0.2, 0) is 9.59 Å². The first-order valence-corrected chi connectivity index (χ1v) is 34.7. The molecule has 0 aliphatic rings. The van der Waals surface area contributed by atoms with Gasteiger partial charge in [-0.2, -0.15) is 0 Å². The Labute approximate surface area is 490 Å². The van der Waals surface area contributed by atoms with Crippen LogP contribution in [-0.4, -0.2) is 62.9 Å². The van der Waals surface area contributed by atoms with Crippen LogP contribution in [0.3, 0.4) is 0 Å². The molecular formula is C72H61Ge2O4Sb-2. The normalized spacial score (nSPS) is 11.1. The van der Waals surface area contributed by atoms with Gasteiger partial charge in [0.2, 0.25) is 0 Å². The second kappa shape index (κ2) is 33.5. The number of carboxylic acids is 2. The molecule has 0 saturated heterocycles. The number of carboxylic acid groups (broad SMARTS) is 2. The van der Waals surface area contributed by atoms with Gasteiger partial charge in [-0.25, -0.2) is 0 Å². The van der Waals surface area contributed by atoms with Crippen molar-refractivity contribution >= 4 is 89.3 Å². The van der Waals surface area contributed by atoms with Crippen LogP contribution in [0.25, 0.3) is 0 Å². The van der Waals surface area contributed by atoms with E-state index in [9.17, 15) is 19.8 Å². The number of carbonyl (C=O) groups is 2. The molecule has 2 unspecified atom stereocenters. The third-order valence-electron chi connectivity index (χ3n) is 13.4. The van der Waals surface area contributed by atoms with Crippen molar-refractivity contribution < 1.29 is 19.8 Å². The largest absolute Gasteiger partial charge is 0.0622 e. The molecule has 79 heavy (non-hydrogen) atoms. The molecule has 11 rings (SSSR count). The molecule has 11 aromatic carbocycles. The number of hydrogen-bond donors (Lipinski definition) is 0. The van der Waals surface area contributed by atoms with Crippen molar-refractivity contribution in [3.8, 4) is 0 Å². The maximum Gasteiger partial charge on any atom is 0 e. The molecule has 4 nitrogen and oxygen atoms in total. The summed E-state index contributed by atoms with van der Waals surface area (Å²) in [5, 5.41) is 24.1. The van der Waals surface area contributed by atoms with Crippen LogP contribution in [0.4, 0.5) is 0 Å². The van der Waals surface area contributed by atoms with Crippen LogP contribution in [0.1, 0.15) is 33.5 Å². The van der Waals surface area contributed by atoms with Gasteiger partial charge in [0, 0.05) is 24.4 Å². The van der Waals surface area contributed by atoms with Gasteiger partial charge in [-0.3, -0.25) is 0 Å². The zero-order chi connectivity index (χ0) is 54.4. The Balaban J connectivity index is 0.000000191. The van der Waals surface area contributed by atoms with Gasteiger partial charge in [0.25, 0.3) is 0 Å². The Kier molecular flexibility index (Phi) is 25.7. The molecule has 0 aliphatic heterocycles. The van der Waals surface area contributed by atoms with Crippen LogP contribution < -0.4 is 36.6 Å². The van der Waals surface area contributed by atoms with E-state index >= 15 is 0 Å². The van der Waals surface area contributed by atoms with Crippen molar-refractivity contribution in [3.63, 3.8) is 0 Å². The molecular weight excluding hydrogens is 1200 g/mol. The van der Waals surface area contributed by atoms with Gasteiger partial charge in [-0.15, -0.1) is 0 Å². The average molecular weight is 1260 g/mol. The quantitative estimate of drug-likeness (QED) is 0.102. The Hall–Kier alpha value is -7.74. The molecule has 0 saturated carbocycles. The zero-order valence-electron chi connectivity index (χ0n) is 43.9. The second-order valence-corrected chi connectivity index (χ2v) is 35.1. The van der Waals surface area contributed by atoms with Crippen molar-refractivity contribution in [2.75, 3.05) is 0 Å². The van der Waals surface area contributed by atoms with Gasteiger partial charge in [0.05, 0.1) is 0 Å². The SMILES string of the molecule is O=C([O-])C[CH](c1ccccc1)[Ge]([c]1ccccc1)([c]1ccccc1)[c]1ccccc1.O=C([O-])C[CH](c1ccccc1)[Ge]([c]1ccccc1)([c]1ccccc1)[c]1ccccc1.[Sb].[c]1ccccc1.[c]1ccccc1.[c]1ccccc1. The zero-order valence-corrected chi connectivity index (χ0v) is 50.7. The molecule has 11 aromatic rings. The summed E-state index contributed by atoms with van der Waals surface area (Å²) < 4.78 is 7.12. The fraction of sp³-hybridized carbons (Fsp3) is 0.0556. The Morgan fingerprint density at radius 2 is 0.443 bits per heavy atom. The summed E-state index contributed by atoms with van der Waals surface area (Å²) in [5.74, 6) is -2.02. The van der Waals surface area contributed by atoms with E-state index in [1.165, 1.54) is 26.4 Å². The molecule has 0 N–H and O–H groups in total. The van der Waals surface area contributed by atoms with Crippen molar-refractivity contribution in [1.82, 2.24) is 0 Å². The van der Waals surface area contributed by atoms with Gasteiger partial charge in [0.1, 0.15) is 0 Å². The van der Waals surface area contributed by atoms with E-state index in [-0.39, 0.29) is 46.8 Å². The van der Waals surface area contributed by atoms with Crippen molar-refractivity contribution in [1.29, 1.82) is 0 Å². The van der Waals surface area contributed by atoms with E-state index in [4.69, 9.17) is 0 Å². The number of benzene rings is 11. The first-order valence-electron chi connectivity index (χ1n) is 26.0. The minimum atomic E-state index is -3.51. The summed E-state index contributed by atoms with van der Waals surface area (Å²) in [4.78, 5) is 24.1. The van der Waals surface area contributed by atoms with Crippen LogP contribution in [0.5, 0.6) is 0 Å².